The Kier molecular flexibility index (Phi) is 5.24. The second-order valence-electron chi connectivity index (χ2n) is 5.28. The van der Waals surface area contributed by atoms with E-state index < -0.39 is 0 Å². The third-order valence-corrected chi connectivity index (χ3v) is 3.53. The molecule has 0 aliphatic heterocycles. The molecule has 0 radical (unpaired) electrons. The van der Waals surface area contributed by atoms with Gasteiger partial charge >= 0.3 is 0 Å². The van der Waals surface area contributed by atoms with Gasteiger partial charge in [0.15, 0.2) is 0 Å². The Labute approximate surface area is 121 Å². The summed E-state index contributed by atoms with van der Waals surface area (Å²) >= 11 is 0. The first-order valence-corrected chi connectivity index (χ1v) is 7.26. The van der Waals surface area contributed by atoms with E-state index in [1.165, 1.54) is 16.7 Å². The first-order valence-electron chi connectivity index (χ1n) is 7.26. The molecule has 1 atom stereocenters. The molecule has 0 fully saturated rings. The lowest BCUT2D eigenvalue weighted by Gasteiger charge is -2.19. The van der Waals surface area contributed by atoms with Gasteiger partial charge in [-0.3, -0.25) is 0 Å². The molecular weight excluding hydrogens is 246 g/mol. The molecule has 0 spiro atoms. The van der Waals surface area contributed by atoms with Crippen molar-refractivity contribution in [3.8, 4) is 0 Å². The fourth-order valence-corrected chi connectivity index (χ4v) is 2.35. The summed E-state index contributed by atoms with van der Waals surface area (Å²) in [6.07, 6.45) is 5.52. The number of nitrogens with one attached hydrogen (secondary N) is 1. The van der Waals surface area contributed by atoms with Gasteiger partial charge in [-0.05, 0) is 50.4 Å². The van der Waals surface area contributed by atoms with Gasteiger partial charge in [-0.15, -0.1) is 0 Å². The molecular formula is C17H23N3. The molecule has 0 bridgehead atoms. The molecule has 1 heterocycles. The van der Waals surface area contributed by atoms with Crippen LogP contribution in [0, 0.1) is 13.8 Å². The van der Waals surface area contributed by atoms with Gasteiger partial charge in [0.25, 0.3) is 0 Å². The fourth-order valence-electron chi connectivity index (χ4n) is 2.35. The lowest BCUT2D eigenvalue weighted by Crippen LogP contribution is -2.25. The molecule has 1 unspecified atom stereocenters. The van der Waals surface area contributed by atoms with Crippen molar-refractivity contribution in [1.82, 2.24) is 15.3 Å². The minimum absolute atomic E-state index is 0.249. The van der Waals surface area contributed by atoms with Gasteiger partial charge in [-0.25, -0.2) is 9.97 Å². The van der Waals surface area contributed by atoms with Crippen LogP contribution in [-0.2, 0) is 6.42 Å². The molecule has 3 nitrogen and oxygen atoms in total. The fraction of sp³-hybridized carbons (Fsp3) is 0.412. The number of hydrogen-bond acceptors (Lipinski definition) is 3. The first-order chi connectivity index (χ1) is 9.70. The maximum absolute atomic E-state index is 4.41. The van der Waals surface area contributed by atoms with E-state index in [2.05, 4.69) is 54.3 Å². The van der Waals surface area contributed by atoms with Crippen molar-refractivity contribution in [1.29, 1.82) is 0 Å². The quantitative estimate of drug-likeness (QED) is 0.873. The number of hydrogen-bond donors (Lipinski definition) is 1. The van der Waals surface area contributed by atoms with Crippen LogP contribution in [0.15, 0.2) is 36.8 Å². The summed E-state index contributed by atoms with van der Waals surface area (Å²) in [5.74, 6) is 0. The third-order valence-electron chi connectivity index (χ3n) is 3.53. The molecule has 0 aliphatic rings. The third kappa shape index (κ3) is 3.87. The Morgan fingerprint density at radius 3 is 2.75 bits per heavy atom. The average Bonchev–Trinajstić information content (AvgIpc) is 2.48. The molecule has 2 aromatic rings. The predicted molar refractivity (Wildman–Crippen MR) is 82.7 cm³/mol. The predicted octanol–water partition coefficient (Wildman–Crippen LogP) is 3.38. The monoisotopic (exact) mass is 269 g/mol. The topological polar surface area (TPSA) is 37.8 Å². The van der Waals surface area contributed by atoms with E-state index in [-0.39, 0.29) is 6.04 Å². The average molecular weight is 269 g/mol. The molecule has 106 valence electrons. The Hall–Kier alpha value is -1.74. The van der Waals surface area contributed by atoms with Crippen molar-refractivity contribution >= 4 is 0 Å². The standard InChI is InChI=1S/C17H23N3/c1-4-8-19-17(16-7-9-18-12-20-16)11-15-10-13(2)5-6-14(15)3/h5-7,9-10,12,17,19H,4,8,11H2,1-3H3. The number of nitrogens with zero attached hydrogens (tertiary/aromatic N) is 2. The van der Waals surface area contributed by atoms with E-state index in [1.807, 2.05) is 12.3 Å². The molecule has 1 aromatic heterocycles. The van der Waals surface area contributed by atoms with E-state index in [1.54, 1.807) is 6.33 Å². The van der Waals surface area contributed by atoms with Crippen molar-refractivity contribution in [2.24, 2.45) is 0 Å². The minimum atomic E-state index is 0.249. The summed E-state index contributed by atoms with van der Waals surface area (Å²) < 4.78 is 0. The second-order valence-corrected chi connectivity index (χ2v) is 5.28. The van der Waals surface area contributed by atoms with Crippen molar-refractivity contribution in [2.75, 3.05) is 6.54 Å². The van der Waals surface area contributed by atoms with Crippen molar-refractivity contribution in [3.05, 3.63) is 59.2 Å². The first kappa shape index (κ1) is 14.7. The lowest BCUT2D eigenvalue weighted by molar-refractivity contribution is 0.516. The van der Waals surface area contributed by atoms with Crippen LogP contribution in [0.2, 0.25) is 0 Å². The SMILES string of the molecule is CCCNC(Cc1cc(C)ccc1C)c1ccncn1. The Morgan fingerprint density at radius 1 is 1.20 bits per heavy atom. The normalized spacial score (nSPS) is 12.3. The highest BCUT2D eigenvalue weighted by atomic mass is 14.9. The molecule has 1 N–H and O–H groups in total. The van der Waals surface area contributed by atoms with Crippen molar-refractivity contribution in [3.63, 3.8) is 0 Å². The minimum Gasteiger partial charge on any atom is -0.308 e. The van der Waals surface area contributed by atoms with Gasteiger partial charge in [0, 0.05) is 6.20 Å². The van der Waals surface area contributed by atoms with Crippen LogP contribution in [0.4, 0.5) is 0 Å². The summed E-state index contributed by atoms with van der Waals surface area (Å²) in [6, 6.07) is 8.88. The van der Waals surface area contributed by atoms with Gasteiger partial charge in [0.2, 0.25) is 0 Å². The number of benzene rings is 1. The van der Waals surface area contributed by atoms with E-state index in [4.69, 9.17) is 0 Å². The molecule has 0 amide bonds. The van der Waals surface area contributed by atoms with E-state index >= 15 is 0 Å². The summed E-state index contributed by atoms with van der Waals surface area (Å²) in [4.78, 5) is 8.41. The maximum atomic E-state index is 4.41. The zero-order valence-corrected chi connectivity index (χ0v) is 12.6. The summed E-state index contributed by atoms with van der Waals surface area (Å²) in [5, 5.41) is 3.59. The highest BCUT2D eigenvalue weighted by Crippen LogP contribution is 2.20. The van der Waals surface area contributed by atoms with Crippen molar-refractivity contribution in [2.45, 2.75) is 39.7 Å². The van der Waals surface area contributed by atoms with Gasteiger partial charge in [0.1, 0.15) is 6.33 Å². The van der Waals surface area contributed by atoms with Gasteiger partial charge in [-0.2, -0.15) is 0 Å². The molecule has 2 rings (SSSR count). The van der Waals surface area contributed by atoms with E-state index in [0.717, 1.165) is 25.1 Å². The molecule has 0 saturated heterocycles. The van der Waals surface area contributed by atoms with Crippen LogP contribution < -0.4 is 5.32 Å². The summed E-state index contributed by atoms with van der Waals surface area (Å²) in [5.41, 5.74) is 5.10. The van der Waals surface area contributed by atoms with Crippen molar-refractivity contribution < 1.29 is 0 Å². The van der Waals surface area contributed by atoms with Gasteiger partial charge < -0.3 is 5.32 Å². The largest absolute Gasteiger partial charge is 0.308 e. The Balaban J connectivity index is 2.21. The van der Waals surface area contributed by atoms with Crippen LogP contribution in [0.3, 0.4) is 0 Å². The lowest BCUT2D eigenvalue weighted by atomic mass is 9.97. The Morgan fingerprint density at radius 2 is 2.05 bits per heavy atom. The van der Waals surface area contributed by atoms with E-state index in [9.17, 15) is 0 Å². The maximum Gasteiger partial charge on any atom is 0.115 e. The highest BCUT2D eigenvalue weighted by Gasteiger charge is 2.14. The number of rotatable bonds is 6. The number of aryl methyl sites for hydroxylation is 2. The molecule has 0 aliphatic carbocycles. The van der Waals surface area contributed by atoms with Crippen LogP contribution in [0.1, 0.15) is 41.8 Å². The summed E-state index contributed by atoms with van der Waals surface area (Å²) in [7, 11) is 0. The van der Waals surface area contributed by atoms with Crippen LogP contribution >= 0.6 is 0 Å². The second kappa shape index (κ2) is 7.15. The van der Waals surface area contributed by atoms with Gasteiger partial charge in [0.05, 0.1) is 11.7 Å². The Bertz CT molecular complexity index is 537. The smallest absolute Gasteiger partial charge is 0.115 e. The molecule has 1 aromatic carbocycles. The zero-order valence-electron chi connectivity index (χ0n) is 12.6. The van der Waals surface area contributed by atoms with Crippen LogP contribution in [-0.4, -0.2) is 16.5 Å². The molecule has 3 heteroatoms. The molecule has 20 heavy (non-hydrogen) atoms. The van der Waals surface area contributed by atoms with Crippen LogP contribution in [0.5, 0.6) is 0 Å². The van der Waals surface area contributed by atoms with E-state index in [0.29, 0.717) is 0 Å². The highest BCUT2D eigenvalue weighted by molar-refractivity contribution is 5.31. The van der Waals surface area contributed by atoms with Gasteiger partial charge in [-0.1, -0.05) is 30.7 Å². The van der Waals surface area contributed by atoms with Crippen LogP contribution in [0.25, 0.3) is 0 Å². The summed E-state index contributed by atoms with van der Waals surface area (Å²) in [6.45, 7) is 7.50. The molecule has 0 saturated carbocycles. The zero-order chi connectivity index (χ0) is 14.4. The number of aromatic nitrogens is 2.